The van der Waals surface area contributed by atoms with Crippen LogP contribution in [0.25, 0.3) is 0 Å². The van der Waals surface area contributed by atoms with Crippen LogP contribution in [0.15, 0.2) is 18.2 Å². The Labute approximate surface area is 159 Å². The number of hydrogen-bond donors (Lipinski definition) is 1. The molecule has 0 saturated heterocycles. The minimum absolute atomic E-state index is 0.0556. The van der Waals surface area contributed by atoms with Crippen LogP contribution in [-0.2, 0) is 24.9 Å². The number of carbonyl (C=O) groups is 1. The van der Waals surface area contributed by atoms with Crippen molar-refractivity contribution >= 4 is 39.6 Å². The quantitative estimate of drug-likeness (QED) is 0.426. The zero-order valence-corrected chi connectivity index (χ0v) is 18.3. The van der Waals surface area contributed by atoms with Crippen molar-refractivity contribution in [3.63, 3.8) is 0 Å². The van der Waals surface area contributed by atoms with Crippen molar-refractivity contribution in [2.45, 2.75) is 45.6 Å². The van der Waals surface area contributed by atoms with Gasteiger partial charge < -0.3 is 0 Å². The van der Waals surface area contributed by atoms with E-state index in [0.29, 0.717) is 6.54 Å². The summed E-state index contributed by atoms with van der Waals surface area (Å²) in [6, 6.07) is 6.75. The van der Waals surface area contributed by atoms with E-state index in [9.17, 15) is 4.79 Å². The third kappa shape index (κ3) is 9.16. The van der Waals surface area contributed by atoms with Gasteiger partial charge in [-0.05, 0) is 0 Å². The van der Waals surface area contributed by atoms with Gasteiger partial charge in [0.1, 0.15) is 0 Å². The summed E-state index contributed by atoms with van der Waals surface area (Å²) in [7, 11) is 12.9. The van der Waals surface area contributed by atoms with Gasteiger partial charge in [-0.25, -0.2) is 0 Å². The maximum absolute atomic E-state index is 11.7. The fourth-order valence-electron chi connectivity index (χ4n) is 1.87. The van der Waals surface area contributed by atoms with Crippen LogP contribution in [0.1, 0.15) is 31.4 Å². The Hall–Kier alpha value is -0.420. The summed E-state index contributed by atoms with van der Waals surface area (Å²) in [5.41, 5.74) is 1.71. The summed E-state index contributed by atoms with van der Waals surface area (Å²) in [5, 5.41) is 2.75. The first-order valence-corrected chi connectivity index (χ1v) is 14.8. The summed E-state index contributed by atoms with van der Waals surface area (Å²) < 4.78 is 12.8. The number of rotatable bonds is 9. The molecular weight excluding hydrogens is 454 g/mol. The first kappa shape index (κ1) is 21.6. The number of amides is 1. The Bertz CT molecular complexity index is 566. The Balaban J connectivity index is 2.65. The van der Waals surface area contributed by atoms with Crippen molar-refractivity contribution in [3.05, 3.63) is 29.3 Å². The number of nitrogens with one attached hydrogen (secondary N) is 1. The molecule has 2 radical (unpaired) electrons. The molecule has 1 rings (SSSR count). The van der Waals surface area contributed by atoms with Crippen LogP contribution in [-0.4, -0.2) is 32.9 Å². The Morgan fingerprint density at radius 1 is 1.42 bits per heavy atom. The molecule has 24 heavy (non-hydrogen) atoms. The number of halogens is 2. The SMILES string of the molecule is C[Si]CCCNC(=O)OCc1ccc(OC(C)C)c([CH]=[Ru]([Cl])[Cl])c1. The van der Waals surface area contributed by atoms with Crippen LogP contribution >= 0.6 is 19.4 Å². The van der Waals surface area contributed by atoms with Crippen molar-refractivity contribution in [2.24, 2.45) is 0 Å². The molecule has 136 valence electrons. The van der Waals surface area contributed by atoms with E-state index in [4.69, 9.17) is 28.9 Å². The Morgan fingerprint density at radius 2 is 2.17 bits per heavy atom. The second-order valence-corrected chi connectivity index (χ2v) is 12.2. The van der Waals surface area contributed by atoms with Gasteiger partial charge in [0.2, 0.25) is 0 Å². The number of ether oxygens (including phenoxy) is 2. The summed E-state index contributed by atoms with van der Waals surface area (Å²) in [5.74, 6) is 0.735. The number of alkyl carbamates (subject to hydrolysis) is 1. The molecule has 8 heteroatoms. The normalized spacial score (nSPS) is 11.2. The second-order valence-electron chi connectivity index (χ2n) is 5.31. The van der Waals surface area contributed by atoms with E-state index in [1.54, 1.807) is 0 Å². The summed E-state index contributed by atoms with van der Waals surface area (Å²) in [6.07, 6.45) is 0.631. The Morgan fingerprint density at radius 3 is 2.79 bits per heavy atom. The molecule has 0 atom stereocenters. The van der Waals surface area contributed by atoms with Gasteiger partial charge >= 0.3 is 153 Å². The van der Waals surface area contributed by atoms with Gasteiger partial charge in [-0.1, -0.05) is 6.55 Å². The summed E-state index contributed by atoms with van der Waals surface area (Å²) in [4.78, 5) is 11.7. The molecule has 0 saturated carbocycles. The second kappa shape index (κ2) is 12.0. The molecule has 1 N–H and O–H groups in total. The van der Waals surface area contributed by atoms with Gasteiger partial charge in [0.15, 0.2) is 0 Å². The van der Waals surface area contributed by atoms with Crippen molar-refractivity contribution in [3.8, 4) is 5.75 Å². The number of benzene rings is 1. The van der Waals surface area contributed by atoms with Crippen LogP contribution in [0.3, 0.4) is 0 Å². The van der Waals surface area contributed by atoms with Crippen molar-refractivity contribution in [1.29, 1.82) is 0 Å². The zero-order valence-electron chi connectivity index (χ0n) is 14.0. The molecular formula is C16H23Cl2NO3RuSi. The third-order valence-corrected chi connectivity index (χ3v) is 5.55. The van der Waals surface area contributed by atoms with Gasteiger partial charge in [-0.3, -0.25) is 0 Å². The average molecular weight is 477 g/mol. The summed E-state index contributed by atoms with van der Waals surface area (Å²) in [6.45, 7) is 6.91. The fourth-order valence-corrected chi connectivity index (χ4v) is 4.18. The van der Waals surface area contributed by atoms with Crippen LogP contribution in [0.2, 0.25) is 12.6 Å². The Kier molecular flexibility index (Phi) is 10.8. The van der Waals surface area contributed by atoms with Gasteiger partial charge in [-0.15, -0.1) is 0 Å². The molecule has 4 nitrogen and oxygen atoms in total. The molecule has 0 aliphatic heterocycles. The molecule has 0 unspecified atom stereocenters. The van der Waals surface area contributed by atoms with E-state index in [2.05, 4.69) is 11.9 Å². The third-order valence-electron chi connectivity index (χ3n) is 2.87. The molecule has 0 spiro atoms. The number of hydrogen-bond acceptors (Lipinski definition) is 3. The van der Waals surface area contributed by atoms with E-state index in [0.717, 1.165) is 38.9 Å². The van der Waals surface area contributed by atoms with E-state index in [-0.39, 0.29) is 12.7 Å². The minimum atomic E-state index is -1.97. The van der Waals surface area contributed by atoms with E-state index < -0.39 is 19.6 Å². The van der Waals surface area contributed by atoms with Crippen LogP contribution in [0, 0.1) is 0 Å². The monoisotopic (exact) mass is 477 g/mol. The molecule has 0 fully saturated rings. The van der Waals surface area contributed by atoms with Crippen molar-refractivity contribution in [2.75, 3.05) is 6.54 Å². The fraction of sp³-hybridized carbons (Fsp3) is 0.500. The standard InChI is InChI=1S/C16H23NO3Si.2ClH.Ru/c1-12(2)20-15-7-6-14(10-13(15)3)11-19-16(18)17-8-5-9-21-4;;;/h3,6-7,10,12H,5,8-9,11H2,1-2,4H3,(H,17,18);2*1H;/q;;;+2/p-2. The molecule has 0 aliphatic rings. The zero-order chi connectivity index (χ0) is 17.9. The van der Waals surface area contributed by atoms with Gasteiger partial charge in [0, 0.05) is 0 Å². The van der Waals surface area contributed by atoms with Crippen molar-refractivity contribution in [1.82, 2.24) is 5.32 Å². The molecule has 1 aromatic carbocycles. The molecule has 0 heterocycles. The molecule has 0 bridgehead atoms. The van der Waals surface area contributed by atoms with Crippen LogP contribution in [0.5, 0.6) is 5.75 Å². The van der Waals surface area contributed by atoms with E-state index in [1.165, 1.54) is 0 Å². The average Bonchev–Trinajstić information content (AvgIpc) is 2.51. The predicted molar refractivity (Wildman–Crippen MR) is 98.3 cm³/mol. The van der Waals surface area contributed by atoms with Gasteiger partial charge in [0.25, 0.3) is 0 Å². The van der Waals surface area contributed by atoms with Gasteiger partial charge in [-0.2, -0.15) is 0 Å². The van der Waals surface area contributed by atoms with E-state index >= 15 is 0 Å². The molecule has 1 aromatic rings. The van der Waals surface area contributed by atoms with Crippen LogP contribution in [0.4, 0.5) is 4.79 Å². The van der Waals surface area contributed by atoms with Gasteiger partial charge in [0.05, 0.1) is 0 Å². The summed E-state index contributed by atoms with van der Waals surface area (Å²) >= 11 is -1.97. The topological polar surface area (TPSA) is 47.6 Å². The van der Waals surface area contributed by atoms with E-state index in [1.807, 2.05) is 36.7 Å². The predicted octanol–water partition coefficient (Wildman–Crippen LogP) is 4.34. The molecule has 0 aromatic heterocycles. The first-order chi connectivity index (χ1) is 11.4. The maximum atomic E-state index is 11.7. The number of carbonyl (C=O) groups excluding carboxylic acids is 1. The van der Waals surface area contributed by atoms with Crippen LogP contribution < -0.4 is 10.1 Å². The van der Waals surface area contributed by atoms with Crippen molar-refractivity contribution < 1.29 is 27.8 Å². The first-order valence-electron chi connectivity index (χ1n) is 7.60. The molecule has 1 amide bonds. The molecule has 0 aliphatic carbocycles.